The third-order valence-electron chi connectivity index (χ3n) is 3.98. The Labute approximate surface area is 136 Å². The molecular weight excluding hydrogens is 370 g/mol. The molecule has 0 saturated heterocycles. The van der Waals surface area contributed by atoms with Crippen LogP contribution in [0.15, 0.2) is 38.3 Å². The molecule has 1 aliphatic carbocycles. The van der Waals surface area contributed by atoms with Gasteiger partial charge in [-0.2, -0.15) is 0 Å². The van der Waals surface area contributed by atoms with Crippen molar-refractivity contribution in [2.45, 2.75) is 30.1 Å². The Bertz CT molecular complexity index is 865. The molecule has 0 bridgehead atoms. The van der Waals surface area contributed by atoms with Crippen molar-refractivity contribution in [2.24, 2.45) is 0 Å². The first-order chi connectivity index (χ1) is 10.2. The van der Waals surface area contributed by atoms with E-state index in [2.05, 4.69) is 21.1 Å². The van der Waals surface area contributed by atoms with E-state index in [1.165, 1.54) is 24.4 Å². The molecule has 7 heteroatoms. The molecule has 1 aliphatic rings. The molecule has 116 valence electrons. The lowest BCUT2D eigenvalue weighted by atomic mass is 9.97. The van der Waals surface area contributed by atoms with Gasteiger partial charge in [-0.05, 0) is 47.0 Å². The lowest BCUT2D eigenvalue weighted by Gasteiger charge is -2.08. The standard InChI is InChI=1S/C15H14BrNO4S/c1-15(5-6-15)14-11(8-17-21-14)13(18)10-4-3-9(7-12(10)16)22(2,19)20/h3-4,7-8H,5-6H2,1-2H3. The van der Waals surface area contributed by atoms with E-state index in [4.69, 9.17) is 4.52 Å². The summed E-state index contributed by atoms with van der Waals surface area (Å²) < 4.78 is 28.8. The molecule has 22 heavy (non-hydrogen) atoms. The molecule has 0 unspecified atom stereocenters. The van der Waals surface area contributed by atoms with Crippen LogP contribution in [0.25, 0.3) is 0 Å². The van der Waals surface area contributed by atoms with Crippen LogP contribution in [-0.2, 0) is 15.3 Å². The Morgan fingerprint density at radius 1 is 1.32 bits per heavy atom. The van der Waals surface area contributed by atoms with Crippen molar-refractivity contribution in [1.82, 2.24) is 5.16 Å². The van der Waals surface area contributed by atoms with Gasteiger partial charge in [-0.3, -0.25) is 4.79 Å². The van der Waals surface area contributed by atoms with Crippen molar-refractivity contribution in [3.63, 3.8) is 0 Å². The van der Waals surface area contributed by atoms with Gasteiger partial charge >= 0.3 is 0 Å². The fourth-order valence-electron chi connectivity index (χ4n) is 2.31. The largest absolute Gasteiger partial charge is 0.360 e. The lowest BCUT2D eigenvalue weighted by Crippen LogP contribution is -2.09. The van der Waals surface area contributed by atoms with E-state index in [9.17, 15) is 13.2 Å². The quantitative estimate of drug-likeness (QED) is 0.757. The van der Waals surface area contributed by atoms with Crippen LogP contribution in [0.1, 0.15) is 41.4 Å². The van der Waals surface area contributed by atoms with Crippen molar-refractivity contribution >= 4 is 31.6 Å². The number of hydrogen-bond acceptors (Lipinski definition) is 5. The van der Waals surface area contributed by atoms with E-state index >= 15 is 0 Å². The summed E-state index contributed by atoms with van der Waals surface area (Å²) in [5.41, 5.74) is 0.717. The van der Waals surface area contributed by atoms with Crippen molar-refractivity contribution in [2.75, 3.05) is 6.26 Å². The van der Waals surface area contributed by atoms with Crippen LogP contribution in [0, 0.1) is 0 Å². The monoisotopic (exact) mass is 383 g/mol. The normalized spacial score (nSPS) is 16.5. The van der Waals surface area contributed by atoms with Crippen molar-refractivity contribution in [3.8, 4) is 0 Å². The smallest absolute Gasteiger partial charge is 0.199 e. The highest BCUT2D eigenvalue weighted by atomic mass is 79.9. The number of halogens is 1. The summed E-state index contributed by atoms with van der Waals surface area (Å²) in [6.45, 7) is 2.03. The van der Waals surface area contributed by atoms with Crippen molar-refractivity contribution in [3.05, 3.63) is 45.8 Å². The predicted octanol–water partition coefficient (Wildman–Crippen LogP) is 3.12. The SMILES string of the molecule is CC1(c2oncc2C(=O)c2ccc(S(C)(=O)=O)cc2Br)CC1. The Morgan fingerprint density at radius 3 is 2.55 bits per heavy atom. The Hall–Kier alpha value is -1.47. The highest BCUT2D eigenvalue weighted by Crippen LogP contribution is 2.49. The van der Waals surface area contributed by atoms with Gasteiger partial charge in [-0.1, -0.05) is 12.1 Å². The van der Waals surface area contributed by atoms with Crippen LogP contribution in [-0.4, -0.2) is 25.6 Å². The van der Waals surface area contributed by atoms with Gasteiger partial charge in [0, 0.05) is 21.7 Å². The summed E-state index contributed by atoms with van der Waals surface area (Å²) >= 11 is 3.28. The summed E-state index contributed by atoms with van der Waals surface area (Å²) in [5.74, 6) is 0.382. The number of ketones is 1. The number of aromatic nitrogens is 1. The average Bonchev–Trinajstić information content (AvgIpc) is 3.00. The highest BCUT2D eigenvalue weighted by Gasteiger charge is 2.45. The van der Waals surface area contributed by atoms with Gasteiger partial charge in [0.15, 0.2) is 21.4 Å². The highest BCUT2D eigenvalue weighted by molar-refractivity contribution is 9.10. The van der Waals surface area contributed by atoms with Crippen LogP contribution < -0.4 is 0 Å². The second-order valence-electron chi connectivity index (χ2n) is 5.87. The van der Waals surface area contributed by atoms with E-state index in [0.29, 0.717) is 21.4 Å². The second-order valence-corrected chi connectivity index (χ2v) is 8.74. The summed E-state index contributed by atoms with van der Waals surface area (Å²) in [6.07, 6.45) is 4.49. The Balaban J connectivity index is 2.02. The number of rotatable bonds is 4. The molecule has 1 fully saturated rings. The molecule has 1 aromatic heterocycles. The molecule has 2 aromatic rings. The number of sulfone groups is 1. The fraction of sp³-hybridized carbons (Fsp3) is 0.333. The van der Waals surface area contributed by atoms with Crippen molar-refractivity contribution in [1.29, 1.82) is 0 Å². The van der Waals surface area contributed by atoms with Gasteiger partial charge in [0.1, 0.15) is 0 Å². The molecule has 0 aliphatic heterocycles. The molecular formula is C15H14BrNO4S. The molecule has 0 N–H and O–H groups in total. The molecule has 3 rings (SSSR count). The van der Waals surface area contributed by atoms with Gasteiger partial charge < -0.3 is 4.52 Å². The number of nitrogens with zero attached hydrogens (tertiary/aromatic N) is 1. The number of carbonyl (C=O) groups is 1. The van der Waals surface area contributed by atoms with Crippen LogP contribution in [0.5, 0.6) is 0 Å². The topological polar surface area (TPSA) is 77.2 Å². The summed E-state index contributed by atoms with van der Waals surface area (Å²) in [7, 11) is -3.32. The van der Waals surface area contributed by atoms with E-state index in [0.717, 1.165) is 19.1 Å². The van der Waals surface area contributed by atoms with E-state index in [1.54, 1.807) is 0 Å². The van der Waals surface area contributed by atoms with Gasteiger partial charge in [0.05, 0.1) is 16.7 Å². The maximum atomic E-state index is 12.7. The lowest BCUT2D eigenvalue weighted by molar-refractivity contribution is 0.103. The second kappa shape index (κ2) is 5.03. The van der Waals surface area contributed by atoms with E-state index in [1.807, 2.05) is 6.92 Å². The third-order valence-corrected chi connectivity index (χ3v) is 5.74. The number of benzene rings is 1. The zero-order chi connectivity index (χ0) is 16.1. The van der Waals surface area contributed by atoms with Gasteiger partial charge in [0.25, 0.3) is 0 Å². The average molecular weight is 384 g/mol. The summed E-state index contributed by atoms with van der Waals surface area (Å²) in [6, 6.07) is 4.38. The molecule has 1 aromatic carbocycles. The third kappa shape index (κ3) is 2.63. The molecule has 1 saturated carbocycles. The maximum Gasteiger partial charge on any atom is 0.199 e. The first-order valence-corrected chi connectivity index (χ1v) is 9.40. The zero-order valence-corrected chi connectivity index (χ0v) is 14.5. The Kier molecular flexibility index (Phi) is 3.52. The van der Waals surface area contributed by atoms with Crippen LogP contribution in [0.4, 0.5) is 0 Å². The summed E-state index contributed by atoms with van der Waals surface area (Å²) in [4.78, 5) is 12.9. The van der Waals surface area contributed by atoms with Crippen LogP contribution in [0.2, 0.25) is 0 Å². The maximum absolute atomic E-state index is 12.7. The van der Waals surface area contributed by atoms with Crippen LogP contribution >= 0.6 is 15.9 Å². The van der Waals surface area contributed by atoms with Gasteiger partial charge in [0.2, 0.25) is 0 Å². The molecule has 0 radical (unpaired) electrons. The number of hydrogen-bond donors (Lipinski definition) is 0. The van der Waals surface area contributed by atoms with Gasteiger partial charge in [-0.15, -0.1) is 0 Å². The molecule has 0 spiro atoms. The molecule has 0 atom stereocenters. The molecule has 0 amide bonds. The van der Waals surface area contributed by atoms with Crippen LogP contribution in [0.3, 0.4) is 0 Å². The van der Waals surface area contributed by atoms with E-state index < -0.39 is 9.84 Å². The number of carbonyl (C=O) groups excluding carboxylic acids is 1. The first-order valence-electron chi connectivity index (χ1n) is 6.72. The minimum absolute atomic E-state index is 0.110. The van der Waals surface area contributed by atoms with E-state index in [-0.39, 0.29) is 16.1 Å². The minimum Gasteiger partial charge on any atom is -0.360 e. The zero-order valence-electron chi connectivity index (χ0n) is 12.1. The Morgan fingerprint density at radius 2 is 2.00 bits per heavy atom. The minimum atomic E-state index is -3.32. The van der Waals surface area contributed by atoms with Crippen molar-refractivity contribution < 1.29 is 17.7 Å². The summed E-state index contributed by atoms with van der Waals surface area (Å²) in [5, 5.41) is 3.75. The molecule has 1 heterocycles. The first kappa shape index (κ1) is 15.4. The predicted molar refractivity (Wildman–Crippen MR) is 83.8 cm³/mol. The fourth-order valence-corrected chi connectivity index (χ4v) is 3.66. The van der Waals surface area contributed by atoms with Gasteiger partial charge in [-0.25, -0.2) is 8.42 Å². The molecule has 5 nitrogen and oxygen atoms in total.